The number of likely N-dealkylation sites (tertiary alicyclic amines) is 1. The molecule has 1 spiro atoms. The number of ether oxygens (including phenoxy) is 1. The summed E-state index contributed by atoms with van der Waals surface area (Å²) in [5, 5.41) is 9.26. The lowest BCUT2D eigenvalue weighted by atomic mass is 9.74. The highest BCUT2D eigenvalue weighted by atomic mass is 32.2. The van der Waals surface area contributed by atoms with Crippen LogP contribution in [-0.4, -0.2) is 51.3 Å². The van der Waals surface area contributed by atoms with Gasteiger partial charge in [-0.25, -0.2) is 4.79 Å². The summed E-state index contributed by atoms with van der Waals surface area (Å²) in [7, 11) is 1.63. The van der Waals surface area contributed by atoms with Crippen LogP contribution in [0.4, 0.5) is 4.79 Å². The van der Waals surface area contributed by atoms with Crippen LogP contribution >= 0.6 is 0 Å². The van der Waals surface area contributed by atoms with Crippen LogP contribution in [0.15, 0.2) is 22.6 Å². The van der Waals surface area contributed by atoms with Gasteiger partial charge >= 0.3 is 6.09 Å². The Kier molecular flexibility index (Phi) is 4.96. The molecule has 1 heterocycles. The van der Waals surface area contributed by atoms with E-state index in [2.05, 4.69) is 4.40 Å². The average Bonchev–Trinajstić information content (AvgIpc) is 2.87. The Labute approximate surface area is 157 Å². The van der Waals surface area contributed by atoms with Gasteiger partial charge in [-0.3, -0.25) is 0 Å². The van der Waals surface area contributed by atoms with E-state index >= 15 is 0 Å². The summed E-state index contributed by atoms with van der Waals surface area (Å²) in [6.07, 6.45) is 1.31. The Morgan fingerprint density at radius 3 is 2.54 bits per heavy atom. The number of amides is 1. The summed E-state index contributed by atoms with van der Waals surface area (Å²) in [4.78, 5) is 12.7. The van der Waals surface area contributed by atoms with Crippen LogP contribution in [0.1, 0.15) is 44.7 Å². The SMILES string of the molecule is COc1ccc2c(c1)C(=N[S+]([O-])C(C)(C)C)C1(CCN(C(=O)O)CC1)C2. The fraction of sp³-hybridized carbons (Fsp3) is 0.579. The predicted octanol–water partition coefficient (Wildman–Crippen LogP) is 3.26. The standard InChI is InChI=1S/C19H26N2O4S/c1-18(2,3)26(24)20-16-15-11-14(25-4)6-5-13(15)12-19(16)7-9-21(10-8-19)17(22)23/h5-6,11H,7-10,12H2,1-4H3,(H,22,23). The largest absolute Gasteiger partial charge is 0.591 e. The summed E-state index contributed by atoms with van der Waals surface area (Å²) in [5.74, 6) is 0.748. The molecule has 7 heteroatoms. The normalized spacial score (nSPS) is 21.7. The maximum atomic E-state index is 12.8. The first-order valence-electron chi connectivity index (χ1n) is 8.83. The highest BCUT2D eigenvalue weighted by Gasteiger charge is 2.48. The zero-order valence-corrected chi connectivity index (χ0v) is 16.6. The molecule has 1 amide bonds. The number of fused-ring (bicyclic) bond motifs is 1. The van der Waals surface area contributed by atoms with E-state index in [1.165, 1.54) is 10.5 Å². The van der Waals surface area contributed by atoms with Crippen molar-refractivity contribution < 1.29 is 19.2 Å². The van der Waals surface area contributed by atoms with E-state index in [1.54, 1.807) is 7.11 Å². The van der Waals surface area contributed by atoms with Gasteiger partial charge in [0.05, 0.1) is 7.11 Å². The van der Waals surface area contributed by atoms with Gasteiger partial charge in [0.25, 0.3) is 0 Å². The Morgan fingerprint density at radius 1 is 1.35 bits per heavy atom. The van der Waals surface area contributed by atoms with Crippen molar-refractivity contribution in [3.63, 3.8) is 0 Å². The van der Waals surface area contributed by atoms with E-state index in [0.717, 1.165) is 23.4 Å². The molecule has 1 saturated heterocycles. The van der Waals surface area contributed by atoms with Crippen molar-refractivity contribution in [2.75, 3.05) is 20.2 Å². The third-order valence-corrected chi connectivity index (χ3v) is 6.69. The summed E-state index contributed by atoms with van der Waals surface area (Å²) < 4.78 is 22.4. The van der Waals surface area contributed by atoms with Crippen molar-refractivity contribution in [3.8, 4) is 5.75 Å². The number of rotatable bonds is 2. The van der Waals surface area contributed by atoms with Gasteiger partial charge in [0.15, 0.2) is 0 Å². The number of methoxy groups -OCH3 is 1. The molecule has 6 nitrogen and oxygen atoms in total. The number of nitrogens with zero attached hydrogens (tertiary/aromatic N) is 2. The second-order valence-corrected chi connectivity index (χ2v) is 9.96. The summed E-state index contributed by atoms with van der Waals surface area (Å²) in [5.41, 5.74) is 2.76. The topological polar surface area (TPSA) is 85.2 Å². The third-order valence-electron chi connectivity index (χ3n) is 5.29. The molecule has 1 atom stereocenters. The number of hydrogen-bond donors (Lipinski definition) is 1. The van der Waals surface area contributed by atoms with Crippen molar-refractivity contribution in [2.45, 2.75) is 44.8 Å². The molecule has 1 N–H and O–H groups in total. The third kappa shape index (κ3) is 3.42. The van der Waals surface area contributed by atoms with E-state index < -0.39 is 22.2 Å². The smallest absolute Gasteiger partial charge is 0.407 e. The molecule has 0 saturated carbocycles. The quantitative estimate of drug-likeness (QED) is 0.801. The Morgan fingerprint density at radius 2 is 2.00 bits per heavy atom. The zero-order valence-electron chi connectivity index (χ0n) is 15.7. The van der Waals surface area contributed by atoms with Gasteiger partial charge in [-0.2, -0.15) is 0 Å². The van der Waals surface area contributed by atoms with E-state index in [1.807, 2.05) is 39.0 Å². The molecule has 2 aliphatic rings. The Bertz CT molecular complexity index is 734. The predicted molar refractivity (Wildman–Crippen MR) is 102 cm³/mol. The lowest BCUT2D eigenvalue weighted by Crippen LogP contribution is -2.45. The molecule has 26 heavy (non-hydrogen) atoms. The maximum absolute atomic E-state index is 12.8. The molecule has 142 valence electrons. The van der Waals surface area contributed by atoms with Crippen LogP contribution in [0.2, 0.25) is 0 Å². The second-order valence-electron chi connectivity index (χ2n) is 8.05. The van der Waals surface area contributed by atoms with E-state index in [9.17, 15) is 14.5 Å². The van der Waals surface area contributed by atoms with Gasteiger partial charge in [0.2, 0.25) is 0 Å². The Hall–Kier alpha value is -1.73. The van der Waals surface area contributed by atoms with Crippen LogP contribution in [0.25, 0.3) is 0 Å². The first-order chi connectivity index (χ1) is 12.2. The van der Waals surface area contributed by atoms with Crippen molar-refractivity contribution in [3.05, 3.63) is 29.3 Å². The van der Waals surface area contributed by atoms with Gasteiger partial charge in [0, 0.05) is 24.1 Å². The van der Waals surface area contributed by atoms with Crippen molar-refractivity contribution >= 4 is 23.2 Å². The van der Waals surface area contributed by atoms with E-state index in [-0.39, 0.29) is 5.41 Å². The molecule has 1 aliphatic carbocycles. The highest BCUT2D eigenvalue weighted by molar-refractivity contribution is 7.91. The molecule has 1 aliphatic heterocycles. The number of carbonyl (C=O) groups is 1. The maximum Gasteiger partial charge on any atom is 0.407 e. The molecule has 0 radical (unpaired) electrons. The van der Waals surface area contributed by atoms with Crippen molar-refractivity contribution in [2.24, 2.45) is 9.81 Å². The highest BCUT2D eigenvalue weighted by Crippen LogP contribution is 2.46. The molecule has 0 bridgehead atoms. The van der Waals surface area contributed by atoms with Crippen LogP contribution in [0.5, 0.6) is 5.75 Å². The van der Waals surface area contributed by atoms with Gasteiger partial charge in [-0.15, -0.1) is 0 Å². The van der Waals surface area contributed by atoms with E-state index in [4.69, 9.17) is 4.74 Å². The molecule has 0 aromatic heterocycles. The molecule has 1 fully saturated rings. The molecular weight excluding hydrogens is 352 g/mol. The number of carboxylic acid groups (broad SMARTS) is 1. The lowest BCUT2D eigenvalue weighted by molar-refractivity contribution is 0.115. The lowest BCUT2D eigenvalue weighted by Gasteiger charge is -2.38. The number of benzene rings is 1. The first-order valence-corrected chi connectivity index (χ1v) is 9.93. The van der Waals surface area contributed by atoms with E-state index in [0.29, 0.717) is 25.9 Å². The molecule has 3 rings (SSSR count). The minimum absolute atomic E-state index is 0.248. The van der Waals surface area contributed by atoms with Crippen LogP contribution in [0, 0.1) is 5.41 Å². The molecule has 1 aromatic rings. The monoisotopic (exact) mass is 378 g/mol. The zero-order chi connectivity index (χ0) is 19.1. The number of piperidine rings is 1. The fourth-order valence-corrected chi connectivity index (χ4v) is 4.43. The summed E-state index contributed by atoms with van der Waals surface area (Å²) in [6, 6.07) is 5.94. The minimum Gasteiger partial charge on any atom is -0.591 e. The van der Waals surface area contributed by atoms with Crippen LogP contribution < -0.4 is 4.74 Å². The molecule has 1 aromatic carbocycles. The summed E-state index contributed by atoms with van der Waals surface area (Å²) >= 11 is -1.37. The molecular formula is C19H26N2O4S. The Balaban J connectivity index is 2.02. The fourth-order valence-electron chi connectivity index (χ4n) is 3.70. The first kappa shape index (κ1) is 19.0. The van der Waals surface area contributed by atoms with Gasteiger partial charge < -0.3 is 19.3 Å². The van der Waals surface area contributed by atoms with Gasteiger partial charge in [-0.05, 0) is 57.7 Å². The van der Waals surface area contributed by atoms with Crippen molar-refractivity contribution in [1.82, 2.24) is 4.90 Å². The van der Waals surface area contributed by atoms with Gasteiger partial charge in [0.1, 0.15) is 27.6 Å². The average molecular weight is 378 g/mol. The minimum atomic E-state index is -1.37. The summed E-state index contributed by atoms with van der Waals surface area (Å²) in [6.45, 7) is 6.68. The van der Waals surface area contributed by atoms with Crippen LogP contribution in [-0.2, 0) is 17.8 Å². The van der Waals surface area contributed by atoms with Gasteiger partial charge in [-0.1, -0.05) is 10.5 Å². The van der Waals surface area contributed by atoms with Crippen molar-refractivity contribution in [1.29, 1.82) is 0 Å². The molecule has 1 unspecified atom stereocenters. The second kappa shape index (κ2) is 6.78. The van der Waals surface area contributed by atoms with Crippen LogP contribution in [0.3, 0.4) is 0 Å². The number of hydrogen-bond acceptors (Lipinski definition) is 4.